The molecule has 0 unspecified atom stereocenters. The van der Waals surface area contributed by atoms with Crippen molar-refractivity contribution < 1.29 is 14.3 Å². The Kier molecular flexibility index (Phi) is 4.54. The molecule has 3 rings (SSSR count). The Balaban J connectivity index is 1.78. The van der Waals surface area contributed by atoms with Gasteiger partial charge in [0.2, 0.25) is 0 Å². The Morgan fingerprint density at radius 1 is 0.909 bits per heavy atom. The van der Waals surface area contributed by atoms with Crippen molar-refractivity contribution in [3.8, 4) is 11.5 Å². The van der Waals surface area contributed by atoms with Gasteiger partial charge in [-0.2, -0.15) is 0 Å². The Labute approximate surface area is 130 Å². The van der Waals surface area contributed by atoms with Gasteiger partial charge in [0.25, 0.3) is 0 Å². The van der Waals surface area contributed by atoms with E-state index < -0.39 is 0 Å². The van der Waals surface area contributed by atoms with Crippen LogP contribution in [-0.4, -0.2) is 19.0 Å². The molecule has 0 spiro atoms. The molecule has 112 valence electrons. The number of rotatable bonds is 3. The third-order valence-electron chi connectivity index (χ3n) is 3.51. The zero-order valence-corrected chi connectivity index (χ0v) is 12.3. The van der Waals surface area contributed by atoms with E-state index in [1.807, 2.05) is 42.5 Å². The van der Waals surface area contributed by atoms with Crippen LogP contribution in [0.4, 0.5) is 0 Å². The highest BCUT2D eigenvalue weighted by atomic mass is 16.5. The smallest absolute Gasteiger partial charge is 0.185 e. The van der Waals surface area contributed by atoms with Gasteiger partial charge in [0.05, 0.1) is 13.2 Å². The lowest BCUT2D eigenvalue weighted by Gasteiger charge is -2.16. The van der Waals surface area contributed by atoms with Gasteiger partial charge in [-0.3, -0.25) is 4.79 Å². The van der Waals surface area contributed by atoms with Gasteiger partial charge in [0, 0.05) is 5.56 Å². The number of hydrogen-bond acceptors (Lipinski definition) is 3. The van der Waals surface area contributed by atoms with Gasteiger partial charge in [0.15, 0.2) is 17.3 Å². The van der Waals surface area contributed by atoms with E-state index in [9.17, 15) is 4.79 Å². The zero-order chi connectivity index (χ0) is 15.2. The average molecular weight is 294 g/mol. The Morgan fingerprint density at radius 2 is 1.64 bits per heavy atom. The number of ether oxygens (including phenoxy) is 2. The summed E-state index contributed by atoms with van der Waals surface area (Å²) in [5.41, 5.74) is 1.61. The standard InChI is InChI=1S/C19H18O3/c20-17(10-8-15-6-2-1-3-7-15)16-9-11-18-19(14-16)22-13-5-4-12-21-18/h1-3,6-11,14H,4-5,12-13H2. The van der Waals surface area contributed by atoms with Crippen molar-refractivity contribution in [3.05, 3.63) is 65.7 Å². The summed E-state index contributed by atoms with van der Waals surface area (Å²) in [7, 11) is 0. The van der Waals surface area contributed by atoms with Crippen LogP contribution in [0.5, 0.6) is 11.5 Å². The highest BCUT2D eigenvalue weighted by Crippen LogP contribution is 2.30. The third kappa shape index (κ3) is 3.55. The minimum Gasteiger partial charge on any atom is -0.490 e. The molecule has 0 N–H and O–H groups in total. The van der Waals surface area contributed by atoms with Crippen LogP contribution in [0.25, 0.3) is 6.08 Å². The summed E-state index contributed by atoms with van der Waals surface area (Å²) in [5.74, 6) is 1.32. The molecule has 1 aliphatic rings. The molecule has 1 heterocycles. The summed E-state index contributed by atoms with van der Waals surface area (Å²) in [6, 6.07) is 15.1. The molecule has 0 saturated carbocycles. The first kappa shape index (κ1) is 14.4. The van der Waals surface area contributed by atoms with Crippen LogP contribution in [0.15, 0.2) is 54.6 Å². The maximum Gasteiger partial charge on any atom is 0.185 e. The van der Waals surface area contributed by atoms with Crippen molar-refractivity contribution in [2.75, 3.05) is 13.2 Å². The maximum absolute atomic E-state index is 12.3. The fourth-order valence-corrected chi connectivity index (χ4v) is 2.29. The van der Waals surface area contributed by atoms with E-state index in [0.717, 1.165) is 18.4 Å². The predicted molar refractivity (Wildman–Crippen MR) is 86.5 cm³/mol. The minimum absolute atomic E-state index is 0.0442. The SMILES string of the molecule is O=C(C=Cc1ccccc1)c1ccc2c(c1)OCCCCO2. The normalized spacial score (nSPS) is 14.4. The molecule has 0 saturated heterocycles. The lowest BCUT2D eigenvalue weighted by molar-refractivity contribution is 0.104. The molecule has 0 aliphatic carbocycles. The van der Waals surface area contributed by atoms with Crippen molar-refractivity contribution in [1.29, 1.82) is 0 Å². The lowest BCUT2D eigenvalue weighted by atomic mass is 10.1. The molecular weight excluding hydrogens is 276 g/mol. The lowest BCUT2D eigenvalue weighted by Crippen LogP contribution is -2.09. The average Bonchev–Trinajstić information content (AvgIpc) is 2.54. The Hall–Kier alpha value is -2.55. The summed E-state index contributed by atoms with van der Waals surface area (Å²) in [4.78, 5) is 12.3. The molecule has 0 atom stereocenters. The van der Waals surface area contributed by atoms with E-state index in [1.165, 1.54) is 0 Å². The fraction of sp³-hybridized carbons (Fsp3) is 0.211. The van der Waals surface area contributed by atoms with Crippen LogP contribution < -0.4 is 9.47 Å². The van der Waals surface area contributed by atoms with Gasteiger partial charge in [-0.05, 0) is 42.7 Å². The highest BCUT2D eigenvalue weighted by molar-refractivity contribution is 6.07. The number of ketones is 1. The number of carbonyl (C=O) groups excluding carboxylic acids is 1. The van der Waals surface area contributed by atoms with Crippen molar-refractivity contribution in [3.63, 3.8) is 0 Å². The van der Waals surface area contributed by atoms with Crippen LogP contribution in [0, 0.1) is 0 Å². The van der Waals surface area contributed by atoms with E-state index in [1.54, 1.807) is 18.2 Å². The zero-order valence-electron chi connectivity index (χ0n) is 12.3. The molecule has 0 amide bonds. The number of hydrogen-bond donors (Lipinski definition) is 0. The molecule has 0 radical (unpaired) electrons. The molecule has 2 aromatic rings. The van der Waals surface area contributed by atoms with E-state index in [4.69, 9.17) is 9.47 Å². The predicted octanol–water partition coefficient (Wildman–Crippen LogP) is 4.13. The van der Waals surface area contributed by atoms with Gasteiger partial charge < -0.3 is 9.47 Å². The monoisotopic (exact) mass is 294 g/mol. The Bertz CT molecular complexity index is 674. The number of allylic oxidation sites excluding steroid dienone is 1. The molecule has 2 aromatic carbocycles. The maximum atomic E-state index is 12.3. The van der Waals surface area contributed by atoms with Crippen LogP contribution in [0.3, 0.4) is 0 Å². The van der Waals surface area contributed by atoms with E-state index in [0.29, 0.717) is 30.3 Å². The largest absolute Gasteiger partial charge is 0.490 e. The van der Waals surface area contributed by atoms with E-state index >= 15 is 0 Å². The first-order chi connectivity index (χ1) is 10.8. The van der Waals surface area contributed by atoms with Gasteiger partial charge in [-0.1, -0.05) is 36.4 Å². The number of carbonyl (C=O) groups is 1. The summed E-state index contributed by atoms with van der Waals surface area (Å²) in [6.45, 7) is 1.35. The first-order valence-corrected chi connectivity index (χ1v) is 7.50. The van der Waals surface area contributed by atoms with Crippen LogP contribution in [0.2, 0.25) is 0 Å². The minimum atomic E-state index is -0.0442. The van der Waals surface area contributed by atoms with Crippen LogP contribution >= 0.6 is 0 Å². The van der Waals surface area contributed by atoms with Gasteiger partial charge >= 0.3 is 0 Å². The van der Waals surface area contributed by atoms with Crippen LogP contribution in [-0.2, 0) is 0 Å². The number of benzene rings is 2. The van der Waals surface area contributed by atoms with Gasteiger partial charge in [-0.25, -0.2) is 0 Å². The van der Waals surface area contributed by atoms with Crippen molar-refractivity contribution in [2.24, 2.45) is 0 Å². The second-order valence-electron chi connectivity index (χ2n) is 5.17. The van der Waals surface area contributed by atoms with Gasteiger partial charge in [0.1, 0.15) is 0 Å². The Morgan fingerprint density at radius 3 is 2.41 bits per heavy atom. The van der Waals surface area contributed by atoms with Crippen molar-refractivity contribution in [1.82, 2.24) is 0 Å². The molecule has 0 fully saturated rings. The summed E-state index contributed by atoms with van der Waals surface area (Å²) >= 11 is 0. The molecule has 0 bridgehead atoms. The second kappa shape index (κ2) is 6.94. The molecule has 22 heavy (non-hydrogen) atoms. The van der Waals surface area contributed by atoms with E-state index in [-0.39, 0.29) is 5.78 Å². The quantitative estimate of drug-likeness (QED) is 0.630. The van der Waals surface area contributed by atoms with E-state index in [2.05, 4.69) is 0 Å². The van der Waals surface area contributed by atoms with Crippen LogP contribution in [0.1, 0.15) is 28.8 Å². The molecule has 0 aromatic heterocycles. The summed E-state index contributed by atoms with van der Waals surface area (Å²) in [5, 5.41) is 0. The first-order valence-electron chi connectivity index (χ1n) is 7.50. The van der Waals surface area contributed by atoms with Crippen molar-refractivity contribution >= 4 is 11.9 Å². The fourth-order valence-electron chi connectivity index (χ4n) is 2.29. The highest BCUT2D eigenvalue weighted by Gasteiger charge is 2.12. The topological polar surface area (TPSA) is 35.5 Å². The van der Waals surface area contributed by atoms with Gasteiger partial charge in [-0.15, -0.1) is 0 Å². The summed E-state index contributed by atoms with van der Waals surface area (Å²) in [6.07, 6.45) is 5.35. The molecule has 3 heteroatoms. The third-order valence-corrected chi connectivity index (χ3v) is 3.51. The number of fused-ring (bicyclic) bond motifs is 1. The molecule has 1 aliphatic heterocycles. The summed E-state index contributed by atoms with van der Waals surface area (Å²) < 4.78 is 11.3. The molecular formula is C19H18O3. The van der Waals surface area contributed by atoms with Crippen molar-refractivity contribution in [2.45, 2.75) is 12.8 Å². The molecule has 3 nitrogen and oxygen atoms in total. The second-order valence-corrected chi connectivity index (χ2v) is 5.17.